The van der Waals surface area contributed by atoms with Gasteiger partial charge in [-0.3, -0.25) is 14.5 Å². The zero-order chi connectivity index (χ0) is 19.6. The molecule has 1 aliphatic carbocycles. The Kier molecular flexibility index (Phi) is 5.17. The second kappa shape index (κ2) is 7.39. The van der Waals surface area contributed by atoms with Crippen molar-refractivity contribution in [3.05, 3.63) is 35.4 Å². The minimum absolute atomic E-state index is 0.0886. The summed E-state index contributed by atoms with van der Waals surface area (Å²) >= 11 is 0. The number of hydrogen-bond donors (Lipinski definition) is 2. The van der Waals surface area contributed by atoms with E-state index in [1.54, 1.807) is 31.2 Å². The van der Waals surface area contributed by atoms with Gasteiger partial charge >= 0.3 is 6.03 Å². The van der Waals surface area contributed by atoms with Gasteiger partial charge in [0.25, 0.3) is 5.91 Å². The lowest BCUT2D eigenvalue weighted by atomic mass is 9.86. The summed E-state index contributed by atoms with van der Waals surface area (Å²) in [5, 5.41) is 14.7. The second-order valence-corrected chi connectivity index (χ2v) is 7.57. The molecule has 4 amide bonds. The average Bonchev–Trinajstić information content (AvgIpc) is 2.88. The van der Waals surface area contributed by atoms with Gasteiger partial charge < -0.3 is 10.6 Å². The van der Waals surface area contributed by atoms with E-state index in [4.69, 9.17) is 5.26 Å². The molecule has 1 saturated carbocycles. The third-order valence-electron chi connectivity index (χ3n) is 5.60. The number of imide groups is 1. The number of urea groups is 1. The molecular weight excluding hydrogens is 344 g/mol. The Bertz CT molecular complexity index is 816. The molecule has 2 N–H and O–H groups in total. The van der Waals surface area contributed by atoms with Gasteiger partial charge in [-0.15, -0.1) is 0 Å². The summed E-state index contributed by atoms with van der Waals surface area (Å²) in [7, 11) is 0. The predicted octanol–water partition coefficient (Wildman–Crippen LogP) is 2.02. The molecule has 0 radical (unpaired) electrons. The minimum atomic E-state index is -1.29. The zero-order valence-corrected chi connectivity index (χ0v) is 15.6. The van der Waals surface area contributed by atoms with Crippen molar-refractivity contribution in [2.75, 3.05) is 6.54 Å². The Morgan fingerprint density at radius 3 is 2.81 bits per heavy atom. The first-order valence-electron chi connectivity index (χ1n) is 9.29. The molecule has 1 heterocycles. The molecule has 1 aromatic carbocycles. The number of carbonyl (C=O) groups excluding carboxylic acids is 3. The molecule has 2 aliphatic rings. The van der Waals surface area contributed by atoms with Gasteiger partial charge in [-0.2, -0.15) is 5.26 Å². The highest BCUT2D eigenvalue weighted by molar-refractivity contribution is 6.09. The van der Waals surface area contributed by atoms with Gasteiger partial charge in [-0.1, -0.05) is 31.9 Å². The zero-order valence-electron chi connectivity index (χ0n) is 15.6. The molecule has 0 aromatic heterocycles. The minimum Gasteiger partial charge on any atom is -0.352 e. The Hall–Kier alpha value is -2.88. The maximum absolute atomic E-state index is 12.9. The fourth-order valence-corrected chi connectivity index (χ4v) is 3.86. The number of amides is 4. The quantitative estimate of drug-likeness (QED) is 0.794. The summed E-state index contributed by atoms with van der Waals surface area (Å²) in [5.41, 5.74) is -0.371. The van der Waals surface area contributed by atoms with Crippen LogP contribution in [0, 0.1) is 17.2 Å². The molecule has 3 rings (SSSR count). The van der Waals surface area contributed by atoms with E-state index in [9.17, 15) is 14.4 Å². The number of carbonyl (C=O) groups is 3. The van der Waals surface area contributed by atoms with Crippen LogP contribution in [0.1, 0.15) is 50.7 Å². The van der Waals surface area contributed by atoms with Crippen molar-refractivity contribution in [2.45, 2.75) is 51.1 Å². The third kappa shape index (κ3) is 3.65. The highest BCUT2D eigenvalue weighted by Gasteiger charge is 2.49. The van der Waals surface area contributed by atoms with Gasteiger partial charge in [-0.25, -0.2) is 4.79 Å². The molecule has 7 heteroatoms. The van der Waals surface area contributed by atoms with Gasteiger partial charge in [0, 0.05) is 6.04 Å². The average molecular weight is 368 g/mol. The Morgan fingerprint density at radius 2 is 2.11 bits per heavy atom. The molecule has 0 bridgehead atoms. The van der Waals surface area contributed by atoms with E-state index in [1.165, 1.54) is 6.42 Å². The van der Waals surface area contributed by atoms with E-state index in [-0.39, 0.29) is 18.5 Å². The SMILES string of the molecule is CC1CCCCC1NC(=O)CN1C(=O)NC(C)(c2cccc(C#N)c2)C1=O. The third-order valence-corrected chi connectivity index (χ3v) is 5.60. The van der Waals surface area contributed by atoms with Gasteiger partial charge in [-0.05, 0) is 43.4 Å². The van der Waals surface area contributed by atoms with Crippen molar-refractivity contribution >= 4 is 17.8 Å². The summed E-state index contributed by atoms with van der Waals surface area (Å²) in [6.07, 6.45) is 4.24. The molecule has 27 heavy (non-hydrogen) atoms. The van der Waals surface area contributed by atoms with E-state index >= 15 is 0 Å². The lowest BCUT2D eigenvalue weighted by Gasteiger charge is -2.30. The van der Waals surface area contributed by atoms with Crippen molar-refractivity contribution in [1.82, 2.24) is 15.5 Å². The van der Waals surface area contributed by atoms with E-state index < -0.39 is 17.5 Å². The molecule has 3 atom stereocenters. The fraction of sp³-hybridized carbons (Fsp3) is 0.500. The normalized spacial score (nSPS) is 27.8. The summed E-state index contributed by atoms with van der Waals surface area (Å²) in [4.78, 5) is 38.6. The summed E-state index contributed by atoms with van der Waals surface area (Å²) in [6, 6.07) is 8.07. The first kappa shape index (κ1) is 18.9. The summed E-state index contributed by atoms with van der Waals surface area (Å²) in [6.45, 7) is 3.39. The van der Waals surface area contributed by atoms with Crippen LogP contribution in [0.15, 0.2) is 24.3 Å². The van der Waals surface area contributed by atoms with Crippen molar-refractivity contribution in [3.63, 3.8) is 0 Å². The predicted molar refractivity (Wildman–Crippen MR) is 98.3 cm³/mol. The molecule has 142 valence electrons. The molecule has 0 spiro atoms. The highest BCUT2D eigenvalue weighted by Crippen LogP contribution is 2.29. The molecule has 1 saturated heterocycles. The summed E-state index contributed by atoms with van der Waals surface area (Å²) in [5.74, 6) is -0.425. The van der Waals surface area contributed by atoms with Crippen LogP contribution < -0.4 is 10.6 Å². The highest BCUT2D eigenvalue weighted by atomic mass is 16.2. The number of benzene rings is 1. The lowest BCUT2D eigenvalue weighted by molar-refractivity contribution is -0.135. The molecule has 1 aliphatic heterocycles. The number of rotatable bonds is 4. The van der Waals surface area contributed by atoms with Crippen molar-refractivity contribution in [3.8, 4) is 6.07 Å². The van der Waals surface area contributed by atoms with Crippen molar-refractivity contribution in [2.24, 2.45) is 5.92 Å². The fourth-order valence-electron chi connectivity index (χ4n) is 3.86. The topological polar surface area (TPSA) is 102 Å². The number of nitrogens with zero attached hydrogens (tertiary/aromatic N) is 2. The first-order valence-corrected chi connectivity index (χ1v) is 9.29. The van der Waals surface area contributed by atoms with Gasteiger partial charge in [0.05, 0.1) is 11.6 Å². The Labute approximate surface area is 158 Å². The van der Waals surface area contributed by atoms with Crippen LogP contribution in [0.4, 0.5) is 4.79 Å². The maximum atomic E-state index is 12.9. The van der Waals surface area contributed by atoms with E-state index in [0.29, 0.717) is 17.0 Å². The monoisotopic (exact) mass is 368 g/mol. The number of hydrogen-bond acceptors (Lipinski definition) is 4. The lowest BCUT2D eigenvalue weighted by Crippen LogP contribution is -2.47. The van der Waals surface area contributed by atoms with Gasteiger partial charge in [0.15, 0.2) is 0 Å². The van der Waals surface area contributed by atoms with Crippen LogP contribution in [0.5, 0.6) is 0 Å². The Morgan fingerprint density at radius 1 is 1.37 bits per heavy atom. The van der Waals surface area contributed by atoms with Gasteiger partial charge in [0.1, 0.15) is 12.1 Å². The summed E-state index contributed by atoms with van der Waals surface area (Å²) < 4.78 is 0. The number of nitriles is 1. The smallest absolute Gasteiger partial charge is 0.325 e. The molecule has 1 aromatic rings. The van der Waals surface area contributed by atoms with E-state index in [1.807, 2.05) is 6.07 Å². The molecule has 3 unspecified atom stereocenters. The van der Waals surface area contributed by atoms with E-state index in [0.717, 1.165) is 24.2 Å². The van der Waals surface area contributed by atoms with Crippen LogP contribution in [-0.2, 0) is 15.1 Å². The maximum Gasteiger partial charge on any atom is 0.325 e. The largest absolute Gasteiger partial charge is 0.352 e. The molecular formula is C20H24N4O3. The van der Waals surface area contributed by atoms with Crippen LogP contribution in [0.25, 0.3) is 0 Å². The van der Waals surface area contributed by atoms with Crippen molar-refractivity contribution < 1.29 is 14.4 Å². The van der Waals surface area contributed by atoms with Crippen LogP contribution in [0.2, 0.25) is 0 Å². The Balaban J connectivity index is 1.72. The van der Waals surface area contributed by atoms with Crippen LogP contribution in [-0.4, -0.2) is 35.3 Å². The van der Waals surface area contributed by atoms with Crippen LogP contribution in [0.3, 0.4) is 0 Å². The van der Waals surface area contributed by atoms with Gasteiger partial charge in [0.2, 0.25) is 5.91 Å². The van der Waals surface area contributed by atoms with Crippen molar-refractivity contribution in [1.29, 1.82) is 5.26 Å². The number of nitrogens with one attached hydrogen (secondary N) is 2. The first-order chi connectivity index (χ1) is 12.8. The molecule has 2 fully saturated rings. The standard InChI is InChI=1S/C20H24N4O3/c1-13-6-3-4-9-16(13)22-17(25)12-24-18(26)20(2,23-19(24)27)15-8-5-7-14(10-15)11-21/h5,7-8,10,13,16H,3-4,6,9,12H2,1-2H3,(H,22,25)(H,23,27). The van der Waals surface area contributed by atoms with Crippen LogP contribution >= 0.6 is 0 Å². The second-order valence-electron chi connectivity index (χ2n) is 7.57. The molecule has 7 nitrogen and oxygen atoms in total. The van der Waals surface area contributed by atoms with E-state index in [2.05, 4.69) is 17.6 Å².